The molecule has 0 saturated carbocycles. The standard InChI is InChI=1S/C21H22N2O2/c1-3-7-16(8-4-1)13-23-14-19(22-9-5-2-6-10-22)17-11-20-21(12-18(17)23)25-15-24-20/h1,3-4,7-8,11-12,14H,2,5-6,9-10,13,15H2. The van der Waals surface area contributed by atoms with E-state index in [1.54, 1.807) is 0 Å². The van der Waals surface area contributed by atoms with Gasteiger partial charge in [-0.1, -0.05) is 30.3 Å². The normalized spacial score (nSPS) is 16.6. The topological polar surface area (TPSA) is 26.6 Å². The Balaban J connectivity index is 1.63. The second kappa shape index (κ2) is 6.03. The summed E-state index contributed by atoms with van der Waals surface area (Å²) in [5, 5.41) is 1.27. The molecule has 0 N–H and O–H groups in total. The van der Waals surface area contributed by atoms with Gasteiger partial charge < -0.3 is 18.9 Å². The Kier molecular flexibility index (Phi) is 3.54. The van der Waals surface area contributed by atoms with Gasteiger partial charge in [-0.25, -0.2) is 0 Å². The number of hydrogen-bond acceptors (Lipinski definition) is 3. The second-order valence-corrected chi connectivity index (χ2v) is 6.90. The van der Waals surface area contributed by atoms with E-state index >= 15 is 0 Å². The lowest BCUT2D eigenvalue weighted by Gasteiger charge is -2.28. The van der Waals surface area contributed by atoms with Crippen LogP contribution in [-0.2, 0) is 6.54 Å². The summed E-state index contributed by atoms with van der Waals surface area (Å²) in [6, 6.07) is 14.9. The van der Waals surface area contributed by atoms with Gasteiger partial charge in [0.2, 0.25) is 6.79 Å². The zero-order valence-electron chi connectivity index (χ0n) is 14.3. The Morgan fingerprint density at radius 3 is 2.44 bits per heavy atom. The molecule has 0 radical (unpaired) electrons. The quantitative estimate of drug-likeness (QED) is 0.710. The number of hydrogen-bond donors (Lipinski definition) is 0. The molecule has 5 rings (SSSR count). The lowest BCUT2D eigenvalue weighted by Crippen LogP contribution is -2.29. The number of fused-ring (bicyclic) bond motifs is 2. The first-order chi connectivity index (χ1) is 12.4. The van der Waals surface area contributed by atoms with Crippen molar-refractivity contribution in [1.82, 2.24) is 4.57 Å². The van der Waals surface area contributed by atoms with Crippen LogP contribution < -0.4 is 14.4 Å². The predicted octanol–water partition coefficient (Wildman–Crippen LogP) is 4.41. The van der Waals surface area contributed by atoms with E-state index in [0.29, 0.717) is 6.79 Å². The number of nitrogens with zero attached hydrogens (tertiary/aromatic N) is 2. The first kappa shape index (κ1) is 14.7. The van der Waals surface area contributed by atoms with Gasteiger partial charge in [-0.3, -0.25) is 0 Å². The van der Waals surface area contributed by atoms with E-state index in [9.17, 15) is 0 Å². The smallest absolute Gasteiger partial charge is 0.231 e. The van der Waals surface area contributed by atoms with Gasteiger partial charge in [0.05, 0.1) is 11.2 Å². The van der Waals surface area contributed by atoms with Gasteiger partial charge in [0.25, 0.3) is 0 Å². The number of benzene rings is 2. The molecule has 1 aromatic heterocycles. The van der Waals surface area contributed by atoms with Gasteiger partial charge in [0, 0.05) is 37.3 Å². The van der Waals surface area contributed by atoms with E-state index in [1.165, 1.54) is 41.4 Å². The van der Waals surface area contributed by atoms with Crippen molar-refractivity contribution in [3.8, 4) is 11.5 Å². The van der Waals surface area contributed by atoms with Crippen LogP contribution in [0.5, 0.6) is 11.5 Å². The molecule has 0 aliphatic carbocycles. The van der Waals surface area contributed by atoms with Crippen LogP contribution in [0.15, 0.2) is 48.7 Å². The van der Waals surface area contributed by atoms with Crippen LogP contribution in [0, 0.1) is 0 Å². The molecule has 0 amide bonds. The minimum Gasteiger partial charge on any atom is -0.454 e. The van der Waals surface area contributed by atoms with E-state index in [2.05, 4.69) is 58.1 Å². The Morgan fingerprint density at radius 1 is 0.880 bits per heavy atom. The zero-order valence-corrected chi connectivity index (χ0v) is 14.3. The van der Waals surface area contributed by atoms with Crippen LogP contribution in [0.2, 0.25) is 0 Å². The van der Waals surface area contributed by atoms with Gasteiger partial charge in [-0.15, -0.1) is 0 Å². The van der Waals surface area contributed by atoms with Crippen molar-refractivity contribution in [3.05, 3.63) is 54.2 Å². The van der Waals surface area contributed by atoms with E-state index in [4.69, 9.17) is 9.47 Å². The zero-order chi connectivity index (χ0) is 16.6. The Morgan fingerprint density at radius 2 is 1.64 bits per heavy atom. The molecule has 1 saturated heterocycles. The number of rotatable bonds is 3. The molecule has 4 heteroatoms. The Labute approximate surface area is 147 Å². The maximum Gasteiger partial charge on any atom is 0.231 e. The summed E-state index contributed by atoms with van der Waals surface area (Å²) in [5.74, 6) is 1.72. The summed E-state index contributed by atoms with van der Waals surface area (Å²) in [4.78, 5) is 2.52. The number of piperidine rings is 1. The van der Waals surface area contributed by atoms with Crippen LogP contribution in [-0.4, -0.2) is 24.4 Å². The fraction of sp³-hybridized carbons (Fsp3) is 0.333. The maximum atomic E-state index is 5.63. The fourth-order valence-electron chi connectivity index (χ4n) is 3.96. The molecule has 4 nitrogen and oxygen atoms in total. The minimum absolute atomic E-state index is 0.319. The van der Waals surface area contributed by atoms with Gasteiger partial charge in [-0.05, 0) is 30.9 Å². The van der Waals surface area contributed by atoms with Gasteiger partial charge in [0.1, 0.15) is 0 Å². The van der Waals surface area contributed by atoms with Crippen molar-refractivity contribution in [1.29, 1.82) is 0 Å². The van der Waals surface area contributed by atoms with Gasteiger partial charge in [-0.2, -0.15) is 0 Å². The molecule has 0 bridgehead atoms. The van der Waals surface area contributed by atoms with Crippen LogP contribution in [0.3, 0.4) is 0 Å². The first-order valence-electron chi connectivity index (χ1n) is 9.10. The summed E-state index contributed by atoms with van der Waals surface area (Å²) >= 11 is 0. The van der Waals surface area contributed by atoms with Crippen molar-refractivity contribution in [3.63, 3.8) is 0 Å². The first-order valence-corrected chi connectivity index (χ1v) is 9.10. The fourth-order valence-corrected chi connectivity index (χ4v) is 3.96. The maximum absolute atomic E-state index is 5.63. The average molecular weight is 334 g/mol. The molecule has 0 atom stereocenters. The molecule has 0 spiro atoms. The van der Waals surface area contributed by atoms with Crippen LogP contribution >= 0.6 is 0 Å². The third-order valence-corrected chi connectivity index (χ3v) is 5.25. The summed E-state index contributed by atoms with van der Waals surface area (Å²) in [6.07, 6.45) is 6.19. The van der Waals surface area contributed by atoms with Crippen molar-refractivity contribution < 1.29 is 9.47 Å². The highest BCUT2D eigenvalue weighted by atomic mass is 16.7. The van der Waals surface area contributed by atoms with Crippen molar-refractivity contribution in [2.24, 2.45) is 0 Å². The highest BCUT2D eigenvalue weighted by Gasteiger charge is 2.22. The molecule has 0 unspecified atom stereocenters. The molecule has 2 aliphatic rings. The molecule has 1 fully saturated rings. The third kappa shape index (κ3) is 2.62. The summed E-state index contributed by atoms with van der Waals surface area (Å²) < 4.78 is 13.6. The Bertz CT molecular complexity index is 895. The molecule has 2 aromatic carbocycles. The van der Waals surface area contributed by atoms with E-state index in [-0.39, 0.29) is 0 Å². The minimum atomic E-state index is 0.319. The molecular weight excluding hydrogens is 312 g/mol. The van der Waals surface area contributed by atoms with Gasteiger partial charge >= 0.3 is 0 Å². The molecular formula is C21H22N2O2. The Hall–Kier alpha value is -2.62. The molecule has 25 heavy (non-hydrogen) atoms. The van der Waals surface area contributed by atoms with Crippen LogP contribution in [0.25, 0.3) is 10.9 Å². The summed E-state index contributed by atoms with van der Waals surface area (Å²) in [7, 11) is 0. The molecule has 2 aliphatic heterocycles. The van der Waals surface area contributed by atoms with Crippen molar-refractivity contribution in [2.75, 3.05) is 24.8 Å². The lowest BCUT2D eigenvalue weighted by molar-refractivity contribution is 0.174. The van der Waals surface area contributed by atoms with E-state index in [1.807, 2.05) is 0 Å². The van der Waals surface area contributed by atoms with E-state index in [0.717, 1.165) is 31.1 Å². The van der Waals surface area contributed by atoms with E-state index < -0.39 is 0 Å². The largest absolute Gasteiger partial charge is 0.454 e. The number of ether oxygens (including phenoxy) is 2. The highest BCUT2D eigenvalue weighted by molar-refractivity contribution is 5.96. The van der Waals surface area contributed by atoms with Crippen molar-refractivity contribution in [2.45, 2.75) is 25.8 Å². The third-order valence-electron chi connectivity index (χ3n) is 5.25. The highest BCUT2D eigenvalue weighted by Crippen LogP contribution is 2.41. The van der Waals surface area contributed by atoms with Crippen LogP contribution in [0.1, 0.15) is 24.8 Å². The second-order valence-electron chi connectivity index (χ2n) is 6.90. The summed E-state index contributed by atoms with van der Waals surface area (Å²) in [6.45, 7) is 3.46. The number of anilines is 1. The molecule has 128 valence electrons. The van der Waals surface area contributed by atoms with Gasteiger partial charge in [0.15, 0.2) is 11.5 Å². The molecule has 3 heterocycles. The lowest BCUT2D eigenvalue weighted by atomic mass is 10.1. The number of aromatic nitrogens is 1. The van der Waals surface area contributed by atoms with Crippen LogP contribution in [0.4, 0.5) is 5.69 Å². The SMILES string of the molecule is c1ccc(Cn2cc(N3CCCCC3)c3cc4c(cc32)OCO4)cc1. The molecule has 3 aromatic rings. The summed E-state index contributed by atoms with van der Waals surface area (Å²) in [5.41, 5.74) is 3.85. The predicted molar refractivity (Wildman–Crippen MR) is 99.7 cm³/mol. The monoisotopic (exact) mass is 334 g/mol. The average Bonchev–Trinajstić information content (AvgIpc) is 3.26. The van der Waals surface area contributed by atoms with Crippen molar-refractivity contribution >= 4 is 16.6 Å².